The Labute approximate surface area is 276 Å². The maximum atomic E-state index is 14.3. The van der Waals surface area contributed by atoms with Crippen LogP contribution in [0.4, 0.5) is 5.69 Å². The molecular weight excluding hydrogens is 600 g/mol. The van der Waals surface area contributed by atoms with Gasteiger partial charge in [0.25, 0.3) is 5.91 Å². The van der Waals surface area contributed by atoms with Crippen LogP contribution in [0.2, 0.25) is 0 Å². The average Bonchev–Trinajstić information content (AvgIpc) is 3.45. The number of anilines is 1. The van der Waals surface area contributed by atoms with Gasteiger partial charge in [-0.05, 0) is 86.8 Å². The Hall–Kier alpha value is -4.61. The van der Waals surface area contributed by atoms with Gasteiger partial charge in [0.15, 0.2) is 11.6 Å². The number of hydrogen-bond acceptors (Lipinski definition) is 10. The summed E-state index contributed by atoms with van der Waals surface area (Å²) in [7, 11) is 5.52. The lowest BCUT2D eigenvalue weighted by molar-refractivity contribution is -0.155. The van der Waals surface area contributed by atoms with E-state index in [0.717, 1.165) is 11.3 Å². The van der Waals surface area contributed by atoms with E-state index in [9.17, 15) is 9.59 Å². The van der Waals surface area contributed by atoms with Crippen LogP contribution in [-0.4, -0.2) is 68.4 Å². The highest BCUT2D eigenvalue weighted by Gasteiger charge is 2.53. The molecule has 3 aromatic rings. The molecule has 1 heterocycles. The van der Waals surface area contributed by atoms with Gasteiger partial charge in [-0.15, -0.1) is 0 Å². The van der Waals surface area contributed by atoms with Crippen molar-refractivity contribution in [1.82, 2.24) is 10.9 Å². The van der Waals surface area contributed by atoms with Gasteiger partial charge in [-0.3, -0.25) is 15.0 Å². The smallest absolute Gasteiger partial charge is 0.306 e. The molecule has 0 radical (unpaired) electrons. The van der Waals surface area contributed by atoms with Crippen molar-refractivity contribution >= 4 is 23.5 Å². The van der Waals surface area contributed by atoms with E-state index < -0.39 is 29.1 Å². The predicted molar refractivity (Wildman–Crippen MR) is 181 cm³/mol. The summed E-state index contributed by atoms with van der Waals surface area (Å²) in [6, 6.07) is 22.4. The number of hydrogen-bond donors (Lipinski definition) is 3. The lowest BCUT2D eigenvalue weighted by atomic mass is 9.83. The molecule has 3 aromatic carbocycles. The third kappa shape index (κ3) is 9.46. The fourth-order valence-corrected chi connectivity index (χ4v) is 5.11. The number of amides is 1. The SMILES string of the molecule is COc1cccc([C@@H]2OC(c3ccc(OCCCO)cc3)=N[C@]2(CCC(=O)OC(C)(C)C)C(=O)NNCc2ccc(N(C)C)cc2)c1. The van der Waals surface area contributed by atoms with Crippen LogP contribution in [0, 0.1) is 0 Å². The minimum absolute atomic E-state index is 0.0146. The van der Waals surface area contributed by atoms with Gasteiger partial charge in [-0.2, -0.15) is 0 Å². The summed E-state index contributed by atoms with van der Waals surface area (Å²) in [5.41, 5.74) is 6.99. The van der Waals surface area contributed by atoms with Crippen LogP contribution in [0.25, 0.3) is 0 Å². The molecule has 1 amide bonds. The minimum atomic E-state index is -1.54. The number of hydrazine groups is 1. The molecule has 0 fully saturated rings. The van der Waals surface area contributed by atoms with Crippen molar-refractivity contribution in [3.8, 4) is 11.5 Å². The van der Waals surface area contributed by atoms with Gasteiger partial charge in [0, 0.05) is 51.3 Å². The van der Waals surface area contributed by atoms with Crippen molar-refractivity contribution < 1.29 is 33.6 Å². The third-order valence-electron chi connectivity index (χ3n) is 7.50. The summed E-state index contributed by atoms with van der Waals surface area (Å²) < 4.78 is 23.3. The van der Waals surface area contributed by atoms with Crippen molar-refractivity contribution in [2.75, 3.05) is 39.3 Å². The molecule has 0 aliphatic carbocycles. The van der Waals surface area contributed by atoms with Gasteiger partial charge in [-0.1, -0.05) is 24.3 Å². The topological polar surface area (TPSA) is 131 Å². The lowest BCUT2D eigenvalue weighted by Crippen LogP contribution is -2.52. The largest absolute Gasteiger partial charge is 0.497 e. The number of esters is 1. The molecule has 0 bridgehead atoms. The first-order valence-electron chi connectivity index (χ1n) is 15.7. The second-order valence-corrected chi connectivity index (χ2v) is 12.5. The number of aliphatic hydroxyl groups excluding tert-OH is 1. The Morgan fingerprint density at radius 3 is 2.38 bits per heavy atom. The van der Waals surface area contributed by atoms with Gasteiger partial charge in [0.2, 0.25) is 5.90 Å². The van der Waals surface area contributed by atoms with E-state index >= 15 is 0 Å². The zero-order chi connectivity index (χ0) is 34.0. The van der Waals surface area contributed by atoms with E-state index in [-0.39, 0.29) is 25.3 Å². The molecule has 0 unspecified atom stereocenters. The number of aliphatic hydroxyl groups is 1. The first-order valence-corrected chi connectivity index (χ1v) is 15.7. The number of benzene rings is 3. The van der Waals surface area contributed by atoms with Crippen LogP contribution in [-0.2, 0) is 25.6 Å². The minimum Gasteiger partial charge on any atom is -0.497 e. The maximum absolute atomic E-state index is 14.3. The van der Waals surface area contributed by atoms with Gasteiger partial charge < -0.3 is 29.0 Å². The number of carbonyl (C=O) groups excluding carboxylic acids is 2. The lowest BCUT2D eigenvalue weighted by Gasteiger charge is -2.31. The molecular formula is C36H46N4O7. The molecule has 2 atom stereocenters. The van der Waals surface area contributed by atoms with E-state index in [4.69, 9.17) is 29.0 Å². The maximum Gasteiger partial charge on any atom is 0.306 e. The number of methoxy groups -OCH3 is 1. The highest BCUT2D eigenvalue weighted by atomic mass is 16.6. The first-order chi connectivity index (χ1) is 22.4. The molecule has 11 nitrogen and oxygen atoms in total. The predicted octanol–water partition coefficient (Wildman–Crippen LogP) is 4.72. The molecule has 0 spiro atoms. The highest BCUT2D eigenvalue weighted by Crippen LogP contribution is 2.44. The number of carbonyl (C=O) groups is 2. The molecule has 1 aliphatic rings. The summed E-state index contributed by atoms with van der Waals surface area (Å²) in [6.07, 6.45) is -0.434. The Bertz CT molecular complexity index is 1520. The van der Waals surface area contributed by atoms with Gasteiger partial charge in [0.05, 0.1) is 13.7 Å². The zero-order valence-electron chi connectivity index (χ0n) is 28.0. The van der Waals surface area contributed by atoms with Crippen molar-refractivity contribution in [1.29, 1.82) is 0 Å². The van der Waals surface area contributed by atoms with Crippen molar-refractivity contribution in [2.24, 2.45) is 4.99 Å². The second kappa shape index (κ2) is 15.8. The molecule has 11 heteroatoms. The summed E-state index contributed by atoms with van der Waals surface area (Å²) in [4.78, 5) is 34.3. The number of aliphatic imine (C=N–C) groups is 1. The Morgan fingerprint density at radius 2 is 1.74 bits per heavy atom. The van der Waals surface area contributed by atoms with Crippen LogP contribution in [0.3, 0.4) is 0 Å². The van der Waals surface area contributed by atoms with E-state index in [0.29, 0.717) is 42.2 Å². The van der Waals surface area contributed by atoms with Crippen molar-refractivity contribution in [3.63, 3.8) is 0 Å². The molecule has 0 saturated heterocycles. The number of rotatable bonds is 15. The number of nitrogens with one attached hydrogen (secondary N) is 2. The third-order valence-corrected chi connectivity index (χ3v) is 7.50. The van der Waals surface area contributed by atoms with Crippen molar-refractivity contribution in [3.05, 3.63) is 89.5 Å². The summed E-state index contributed by atoms with van der Waals surface area (Å²) in [5.74, 6) is 0.554. The monoisotopic (exact) mass is 646 g/mol. The molecule has 3 N–H and O–H groups in total. The van der Waals surface area contributed by atoms with Gasteiger partial charge in [-0.25, -0.2) is 10.4 Å². The highest BCUT2D eigenvalue weighted by molar-refractivity contribution is 6.01. The first kappa shape index (κ1) is 35.2. The second-order valence-electron chi connectivity index (χ2n) is 12.5. The normalized spacial score (nSPS) is 17.3. The summed E-state index contributed by atoms with van der Waals surface area (Å²) >= 11 is 0. The summed E-state index contributed by atoms with van der Waals surface area (Å²) in [6.45, 7) is 6.18. The standard InChI is InChI=1S/C36H46N4O7/c1-35(2,3)47-31(42)19-20-36(34(43)39-37-24-25-11-15-28(16-12-25)40(4)5)32(27-9-7-10-30(23-27)44-6)46-33(38-36)26-13-17-29(18-14-26)45-22-8-21-41/h7,9-18,23,32,37,41H,8,19-22,24H2,1-6H3,(H,39,43)/t32-,36-/m0/s1. The molecule has 1 aliphatic heterocycles. The molecule has 4 rings (SSSR count). The molecule has 0 aromatic heterocycles. The van der Waals surface area contributed by atoms with Crippen LogP contribution in [0.15, 0.2) is 77.8 Å². The van der Waals surface area contributed by atoms with Crippen LogP contribution < -0.4 is 25.2 Å². The van der Waals surface area contributed by atoms with Gasteiger partial charge >= 0.3 is 5.97 Å². The fraction of sp³-hybridized carbons (Fsp3) is 0.417. The van der Waals surface area contributed by atoms with Gasteiger partial charge in [0.1, 0.15) is 17.1 Å². The zero-order valence-corrected chi connectivity index (χ0v) is 28.0. The molecule has 252 valence electrons. The van der Waals surface area contributed by atoms with E-state index in [2.05, 4.69) is 10.9 Å². The Balaban J connectivity index is 1.68. The summed E-state index contributed by atoms with van der Waals surface area (Å²) in [5, 5.41) is 9.06. The molecule has 0 saturated carbocycles. The van der Waals surface area contributed by atoms with Crippen LogP contribution in [0.1, 0.15) is 62.8 Å². The molecule has 47 heavy (non-hydrogen) atoms. The Kier molecular flexibility index (Phi) is 11.8. The van der Waals surface area contributed by atoms with E-state index in [1.807, 2.05) is 55.4 Å². The van der Waals surface area contributed by atoms with Crippen molar-refractivity contribution in [2.45, 2.75) is 63.8 Å². The van der Waals surface area contributed by atoms with E-state index in [1.165, 1.54) is 0 Å². The number of ether oxygens (including phenoxy) is 4. The fourth-order valence-electron chi connectivity index (χ4n) is 5.11. The van der Waals surface area contributed by atoms with Crippen LogP contribution in [0.5, 0.6) is 11.5 Å². The quantitative estimate of drug-likeness (QED) is 0.122. The number of nitrogens with zero attached hydrogens (tertiary/aromatic N) is 2. The van der Waals surface area contributed by atoms with Crippen LogP contribution >= 0.6 is 0 Å². The Morgan fingerprint density at radius 1 is 1.02 bits per heavy atom. The average molecular weight is 647 g/mol. The van der Waals surface area contributed by atoms with E-state index in [1.54, 1.807) is 64.3 Å².